The highest BCUT2D eigenvalue weighted by Crippen LogP contribution is 2.26. The summed E-state index contributed by atoms with van der Waals surface area (Å²) in [6.45, 7) is 1.99. The summed E-state index contributed by atoms with van der Waals surface area (Å²) in [6.07, 6.45) is 1.77. The summed E-state index contributed by atoms with van der Waals surface area (Å²) in [4.78, 5) is 19.0. The van der Waals surface area contributed by atoms with Crippen LogP contribution in [-0.2, 0) is 4.79 Å². The predicted octanol–water partition coefficient (Wildman–Crippen LogP) is 4.82. The van der Waals surface area contributed by atoms with Crippen molar-refractivity contribution in [1.82, 2.24) is 0 Å². The van der Waals surface area contributed by atoms with Crippen LogP contribution in [0, 0.1) is 6.92 Å². The van der Waals surface area contributed by atoms with Crippen molar-refractivity contribution in [3.63, 3.8) is 0 Å². The van der Waals surface area contributed by atoms with Gasteiger partial charge in [0.1, 0.15) is 11.4 Å². The van der Waals surface area contributed by atoms with E-state index in [9.17, 15) is 4.79 Å². The van der Waals surface area contributed by atoms with Crippen LogP contribution in [0.2, 0.25) is 0 Å². The third kappa shape index (κ3) is 3.65. The number of aryl methyl sites for hydroxylation is 1. The zero-order valence-corrected chi connectivity index (χ0v) is 14.9. The zero-order valence-electron chi connectivity index (χ0n) is 14.9. The lowest BCUT2D eigenvalue weighted by atomic mass is 10.2. The van der Waals surface area contributed by atoms with Gasteiger partial charge in [0.25, 0.3) is 5.91 Å². The Labute approximate surface area is 158 Å². The number of rotatable bonds is 3. The maximum atomic E-state index is 13.0. The van der Waals surface area contributed by atoms with Crippen molar-refractivity contribution in [3.8, 4) is 5.75 Å². The number of carbonyl (C=O) groups excluding carboxylic acids is 1. The first-order valence-corrected chi connectivity index (χ1v) is 8.70. The van der Waals surface area contributed by atoms with Gasteiger partial charge in [0.2, 0.25) is 0 Å². The van der Waals surface area contributed by atoms with E-state index in [1.54, 1.807) is 6.08 Å². The molecule has 0 unspecified atom stereocenters. The van der Waals surface area contributed by atoms with Crippen molar-refractivity contribution in [2.75, 3.05) is 4.90 Å². The molecule has 0 atom stereocenters. The molecule has 4 nitrogen and oxygen atoms in total. The molecular formula is C23H18N2O2. The number of ether oxygens (including phenoxy) is 1. The number of hydrogen-bond acceptors (Lipinski definition) is 3. The topological polar surface area (TPSA) is 41.9 Å². The van der Waals surface area contributed by atoms with E-state index in [0.717, 1.165) is 11.1 Å². The molecule has 0 bridgehead atoms. The zero-order chi connectivity index (χ0) is 18.6. The first-order valence-electron chi connectivity index (χ1n) is 8.70. The van der Waals surface area contributed by atoms with Gasteiger partial charge >= 0.3 is 6.02 Å². The van der Waals surface area contributed by atoms with Crippen LogP contribution >= 0.6 is 0 Å². The number of benzene rings is 3. The number of para-hydroxylation sites is 1. The number of amidine groups is 1. The summed E-state index contributed by atoms with van der Waals surface area (Å²) < 4.78 is 5.98. The van der Waals surface area contributed by atoms with E-state index in [1.807, 2.05) is 91.9 Å². The summed E-state index contributed by atoms with van der Waals surface area (Å²) in [6, 6.07) is 26.9. The predicted molar refractivity (Wildman–Crippen MR) is 108 cm³/mol. The maximum absolute atomic E-state index is 13.0. The smallest absolute Gasteiger partial charge is 0.310 e. The van der Waals surface area contributed by atoms with Crippen LogP contribution in [0.5, 0.6) is 5.75 Å². The third-order valence-electron chi connectivity index (χ3n) is 4.15. The molecular weight excluding hydrogens is 336 g/mol. The third-order valence-corrected chi connectivity index (χ3v) is 4.15. The summed E-state index contributed by atoms with van der Waals surface area (Å²) in [5.41, 5.74) is 3.04. The van der Waals surface area contributed by atoms with Gasteiger partial charge in [-0.2, -0.15) is 4.99 Å². The van der Waals surface area contributed by atoms with Crippen molar-refractivity contribution in [2.24, 2.45) is 4.99 Å². The van der Waals surface area contributed by atoms with E-state index >= 15 is 0 Å². The standard InChI is InChI=1S/C23H18N2O2/c1-17-9-8-14-20(15-17)27-23-24-21(16-18-10-4-2-5-11-18)22(26)25(23)19-12-6-3-7-13-19/h2-16H,1H3. The molecule has 1 amide bonds. The molecule has 4 rings (SSSR count). The van der Waals surface area contributed by atoms with E-state index in [2.05, 4.69) is 4.99 Å². The van der Waals surface area contributed by atoms with E-state index in [0.29, 0.717) is 17.1 Å². The van der Waals surface area contributed by atoms with Gasteiger partial charge in [0.15, 0.2) is 0 Å². The number of carbonyl (C=O) groups is 1. The molecule has 0 aliphatic carbocycles. The Kier molecular flexibility index (Phi) is 4.54. The molecule has 1 aliphatic rings. The second kappa shape index (κ2) is 7.30. The maximum Gasteiger partial charge on any atom is 0.310 e. The van der Waals surface area contributed by atoms with Gasteiger partial charge in [0, 0.05) is 0 Å². The van der Waals surface area contributed by atoms with Crippen LogP contribution in [0.15, 0.2) is 95.6 Å². The number of amides is 1. The Morgan fingerprint density at radius 1 is 0.889 bits per heavy atom. The van der Waals surface area contributed by atoms with Gasteiger partial charge in [-0.3, -0.25) is 4.79 Å². The first kappa shape index (κ1) is 16.8. The lowest BCUT2D eigenvalue weighted by molar-refractivity contribution is -0.113. The molecule has 3 aromatic carbocycles. The number of nitrogens with zero attached hydrogens (tertiary/aromatic N) is 2. The van der Waals surface area contributed by atoms with Crippen molar-refractivity contribution < 1.29 is 9.53 Å². The average molecular weight is 354 g/mol. The molecule has 0 spiro atoms. The van der Waals surface area contributed by atoms with Gasteiger partial charge in [-0.25, -0.2) is 4.90 Å². The Morgan fingerprint density at radius 2 is 1.59 bits per heavy atom. The fraction of sp³-hybridized carbons (Fsp3) is 0.0435. The SMILES string of the molecule is Cc1cccc(OC2=NC(=Cc3ccccc3)C(=O)N2c2ccccc2)c1. The molecule has 0 fully saturated rings. The Balaban J connectivity index is 1.74. The quantitative estimate of drug-likeness (QED) is 0.633. The molecule has 1 heterocycles. The highest BCUT2D eigenvalue weighted by atomic mass is 16.5. The lowest BCUT2D eigenvalue weighted by Crippen LogP contribution is -2.35. The van der Waals surface area contributed by atoms with Crippen molar-refractivity contribution in [3.05, 3.63) is 102 Å². The molecule has 0 aromatic heterocycles. The van der Waals surface area contributed by atoms with E-state index in [4.69, 9.17) is 4.74 Å². The minimum Gasteiger partial charge on any atom is -0.425 e. The van der Waals surface area contributed by atoms with Gasteiger partial charge in [-0.05, 0) is 48.4 Å². The normalized spacial score (nSPS) is 15.1. The van der Waals surface area contributed by atoms with Crippen LogP contribution in [0.1, 0.15) is 11.1 Å². The fourth-order valence-corrected chi connectivity index (χ4v) is 2.86. The van der Waals surface area contributed by atoms with E-state index in [1.165, 1.54) is 4.90 Å². The summed E-state index contributed by atoms with van der Waals surface area (Å²) in [5.74, 6) is 0.427. The van der Waals surface area contributed by atoms with Crippen LogP contribution in [0.4, 0.5) is 5.69 Å². The molecule has 132 valence electrons. The lowest BCUT2D eigenvalue weighted by Gasteiger charge is -2.18. The van der Waals surface area contributed by atoms with Crippen LogP contribution in [-0.4, -0.2) is 11.9 Å². The first-order chi connectivity index (χ1) is 13.2. The summed E-state index contributed by atoms with van der Waals surface area (Å²) in [7, 11) is 0. The minimum absolute atomic E-state index is 0.215. The Bertz CT molecular complexity index is 1020. The molecule has 1 aliphatic heterocycles. The van der Waals surface area contributed by atoms with E-state index in [-0.39, 0.29) is 11.9 Å². The van der Waals surface area contributed by atoms with Crippen molar-refractivity contribution >= 4 is 23.7 Å². The van der Waals surface area contributed by atoms with Crippen LogP contribution in [0.3, 0.4) is 0 Å². The van der Waals surface area contributed by atoms with Gasteiger partial charge in [-0.1, -0.05) is 60.7 Å². The largest absolute Gasteiger partial charge is 0.425 e. The minimum atomic E-state index is -0.215. The van der Waals surface area contributed by atoms with Gasteiger partial charge < -0.3 is 4.74 Å². The highest BCUT2D eigenvalue weighted by molar-refractivity contribution is 6.27. The molecule has 27 heavy (non-hydrogen) atoms. The van der Waals surface area contributed by atoms with E-state index < -0.39 is 0 Å². The number of hydrogen-bond donors (Lipinski definition) is 0. The van der Waals surface area contributed by atoms with Crippen molar-refractivity contribution in [1.29, 1.82) is 0 Å². The molecule has 3 aromatic rings. The molecule has 0 saturated heterocycles. The van der Waals surface area contributed by atoms with Gasteiger partial charge in [-0.15, -0.1) is 0 Å². The second-order valence-corrected chi connectivity index (χ2v) is 6.23. The summed E-state index contributed by atoms with van der Waals surface area (Å²) >= 11 is 0. The van der Waals surface area contributed by atoms with Crippen molar-refractivity contribution in [2.45, 2.75) is 6.92 Å². The number of aliphatic imine (C=N–C) groups is 1. The Hall–Kier alpha value is -3.66. The molecule has 0 radical (unpaired) electrons. The molecule has 0 saturated carbocycles. The van der Waals surface area contributed by atoms with Gasteiger partial charge in [0.05, 0.1) is 5.69 Å². The van der Waals surface area contributed by atoms with Crippen LogP contribution < -0.4 is 9.64 Å². The van der Waals surface area contributed by atoms with Crippen LogP contribution in [0.25, 0.3) is 6.08 Å². The average Bonchev–Trinajstić information content (AvgIpc) is 2.98. The Morgan fingerprint density at radius 3 is 2.30 bits per heavy atom. The second-order valence-electron chi connectivity index (χ2n) is 6.23. The monoisotopic (exact) mass is 354 g/mol. The molecule has 4 heteroatoms. The number of anilines is 1. The highest BCUT2D eigenvalue weighted by Gasteiger charge is 2.33. The molecule has 0 N–H and O–H groups in total. The fourth-order valence-electron chi connectivity index (χ4n) is 2.86. The summed E-state index contributed by atoms with van der Waals surface area (Å²) in [5, 5.41) is 0.